The zero-order valence-corrected chi connectivity index (χ0v) is 11.5. The molecule has 1 amide bonds. The molecule has 1 heterocycles. The van der Waals surface area contributed by atoms with Gasteiger partial charge in [0.05, 0.1) is 28.8 Å². The van der Waals surface area contributed by atoms with E-state index in [1.807, 2.05) is 0 Å². The van der Waals surface area contributed by atoms with Crippen molar-refractivity contribution >= 4 is 28.9 Å². The number of nitrogens with one attached hydrogen (secondary N) is 2. The molecule has 1 aromatic rings. The lowest BCUT2D eigenvalue weighted by molar-refractivity contribution is -0.899. The van der Waals surface area contributed by atoms with E-state index in [-0.39, 0.29) is 22.3 Å². The second-order valence-corrected chi connectivity index (χ2v) is 4.92. The zero-order valence-electron chi connectivity index (χ0n) is 10.7. The maximum Gasteiger partial charge on any atom is 0.279 e. The van der Waals surface area contributed by atoms with Crippen LogP contribution < -0.4 is 10.2 Å². The molecule has 0 aromatic heterocycles. The molecule has 20 heavy (non-hydrogen) atoms. The molecule has 2 N–H and O–H groups in total. The van der Waals surface area contributed by atoms with E-state index in [2.05, 4.69) is 5.32 Å². The van der Waals surface area contributed by atoms with Crippen molar-refractivity contribution in [3.05, 3.63) is 33.3 Å². The minimum absolute atomic E-state index is 0.108. The van der Waals surface area contributed by atoms with Crippen LogP contribution in [-0.2, 0) is 9.53 Å². The van der Waals surface area contributed by atoms with Crippen LogP contribution in [0.25, 0.3) is 0 Å². The molecule has 1 fully saturated rings. The van der Waals surface area contributed by atoms with Crippen molar-refractivity contribution in [2.24, 2.45) is 0 Å². The number of hydrogen-bond donors (Lipinski definition) is 2. The number of rotatable bonds is 4. The first-order valence-electron chi connectivity index (χ1n) is 6.21. The summed E-state index contributed by atoms with van der Waals surface area (Å²) in [6.07, 6.45) is 0. The zero-order chi connectivity index (χ0) is 14.5. The summed E-state index contributed by atoms with van der Waals surface area (Å²) >= 11 is 5.92. The number of carbonyl (C=O) groups excluding carboxylic acids is 1. The number of quaternary nitrogens is 1. The Morgan fingerprint density at radius 1 is 1.45 bits per heavy atom. The Kier molecular flexibility index (Phi) is 4.89. The molecule has 0 radical (unpaired) electrons. The van der Waals surface area contributed by atoms with Crippen molar-refractivity contribution in [1.82, 2.24) is 0 Å². The van der Waals surface area contributed by atoms with Gasteiger partial charge in [0.25, 0.3) is 11.6 Å². The normalized spacial score (nSPS) is 15.8. The Morgan fingerprint density at radius 3 is 2.80 bits per heavy atom. The van der Waals surface area contributed by atoms with Gasteiger partial charge in [0, 0.05) is 12.1 Å². The molecule has 1 aliphatic heterocycles. The van der Waals surface area contributed by atoms with Crippen LogP contribution in [-0.4, -0.2) is 43.7 Å². The average molecular weight is 301 g/mol. The smallest absolute Gasteiger partial charge is 0.279 e. The molecule has 2 rings (SSSR count). The van der Waals surface area contributed by atoms with Crippen LogP contribution in [0.3, 0.4) is 0 Å². The maximum atomic E-state index is 11.9. The average Bonchev–Trinajstić information content (AvgIpc) is 2.42. The molecule has 0 aliphatic carbocycles. The van der Waals surface area contributed by atoms with Gasteiger partial charge >= 0.3 is 0 Å². The highest BCUT2D eigenvalue weighted by Gasteiger charge is 2.19. The van der Waals surface area contributed by atoms with Crippen molar-refractivity contribution in [1.29, 1.82) is 0 Å². The number of amides is 1. The van der Waals surface area contributed by atoms with Crippen molar-refractivity contribution in [2.75, 3.05) is 38.2 Å². The number of morpholine rings is 1. The van der Waals surface area contributed by atoms with Gasteiger partial charge < -0.3 is 15.0 Å². The number of benzene rings is 1. The third-order valence-electron chi connectivity index (χ3n) is 3.05. The topological polar surface area (TPSA) is 85.9 Å². The Balaban J connectivity index is 1.99. The lowest BCUT2D eigenvalue weighted by Gasteiger charge is -2.23. The van der Waals surface area contributed by atoms with E-state index in [9.17, 15) is 14.9 Å². The predicted octanol–water partition coefficient (Wildman–Crippen LogP) is 0.102. The number of halogens is 1. The van der Waals surface area contributed by atoms with Crippen LogP contribution in [0.2, 0.25) is 5.02 Å². The summed E-state index contributed by atoms with van der Waals surface area (Å²) in [4.78, 5) is 23.2. The van der Waals surface area contributed by atoms with Gasteiger partial charge in [-0.1, -0.05) is 11.6 Å². The molecule has 0 spiro atoms. The van der Waals surface area contributed by atoms with Gasteiger partial charge in [-0.25, -0.2) is 0 Å². The summed E-state index contributed by atoms with van der Waals surface area (Å²) in [5.41, 5.74) is 0.155. The Labute approximate surface area is 120 Å². The van der Waals surface area contributed by atoms with Gasteiger partial charge in [-0.3, -0.25) is 14.9 Å². The van der Waals surface area contributed by atoms with E-state index in [1.54, 1.807) is 0 Å². The molecule has 0 saturated carbocycles. The number of ether oxygens (including phenoxy) is 1. The molecule has 1 saturated heterocycles. The minimum atomic E-state index is -0.529. The summed E-state index contributed by atoms with van der Waals surface area (Å²) < 4.78 is 5.21. The first kappa shape index (κ1) is 14.7. The Hall–Kier alpha value is -1.70. The number of carbonyl (C=O) groups is 1. The fourth-order valence-corrected chi connectivity index (χ4v) is 2.15. The van der Waals surface area contributed by atoms with Crippen molar-refractivity contribution in [3.8, 4) is 0 Å². The fourth-order valence-electron chi connectivity index (χ4n) is 1.98. The molecule has 1 aliphatic rings. The quantitative estimate of drug-likeness (QED) is 0.610. The number of nitro groups is 1. The minimum Gasteiger partial charge on any atom is -0.370 e. The van der Waals surface area contributed by atoms with E-state index in [0.29, 0.717) is 19.8 Å². The van der Waals surface area contributed by atoms with Gasteiger partial charge in [-0.2, -0.15) is 0 Å². The molecular weight excluding hydrogens is 286 g/mol. The molecule has 0 bridgehead atoms. The van der Waals surface area contributed by atoms with Crippen molar-refractivity contribution in [3.63, 3.8) is 0 Å². The molecule has 1 aromatic carbocycles. The first-order valence-corrected chi connectivity index (χ1v) is 6.59. The van der Waals surface area contributed by atoms with Crippen LogP contribution in [0.4, 0.5) is 11.4 Å². The SMILES string of the molecule is O=C(C[NH+]1CCOCC1)Nc1cc([N+](=O)[O-])ccc1Cl. The monoisotopic (exact) mass is 300 g/mol. The van der Waals surface area contributed by atoms with Crippen LogP contribution in [0.5, 0.6) is 0 Å². The second-order valence-electron chi connectivity index (χ2n) is 4.51. The fraction of sp³-hybridized carbons (Fsp3) is 0.417. The van der Waals surface area contributed by atoms with Crippen molar-refractivity contribution < 1.29 is 19.4 Å². The van der Waals surface area contributed by atoms with E-state index in [4.69, 9.17) is 16.3 Å². The highest BCUT2D eigenvalue weighted by Crippen LogP contribution is 2.26. The number of anilines is 1. The van der Waals surface area contributed by atoms with Gasteiger partial charge in [-0.05, 0) is 6.07 Å². The molecule has 0 atom stereocenters. The molecular formula is C12H15ClN3O4+. The molecule has 8 heteroatoms. The summed E-state index contributed by atoms with van der Waals surface area (Å²) in [5.74, 6) is -0.218. The van der Waals surface area contributed by atoms with E-state index >= 15 is 0 Å². The van der Waals surface area contributed by atoms with E-state index < -0.39 is 4.92 Å². The van der Waals surface area contributed by atoms with Gasteiger partial charge in [0.1, 0.15) is 13.1 Å². The summed E-state index contributed by atoms with van der Waals surface area (Å²) in [6.45, 7) is 3.12. The third-order valence-corrected chi connectivity index (χ3v) is 3.37. The largest absolute Gasteiger partial charge is 0.370 e. The van der Waals surface area contributed by atoms with Crippen LogP contribution in [0, 0.1) is 10.1 Å². The number of hydrogen-bond acceptors (Lipinski definition) is 4. The molecule has 7 nitrogen and oxygen atoms in total. The van der Waals surface area contributed by atoms with Crippen LogP contribution in [0.15, 0.2) is 18.2 Å². The third kappa shape index (κ3) is 3.89. The Morgan fingerprint density at radius 2 is 2.15 bits per heavy atom. The summed E-state index contributed by atoms with van der Waals surface area (Å²) in [7, 11) is 0. The van der Waals surface area contributed by atoms with Gasteiger partial charge in [0.2, 0.25) is 0 Å². The van der Waals surface area contributed by atoms with Gasteiger partial charge in [-0.15, -0.1) is 0 Å². The number of nitrogens with zero attached hydrogens (tertiary/aromatic N) is 1. The molecule has 0 unspecified atom stereocenters. The second kappa shape index (κ2) is 6.65. The van der Waals surface area contributed by atoms with E-state index in [1.165, 1.54) is 18.2 Å². The van der Waals surface area contributed by atoms with Crippen LogP contribution in [0.1, 0.15) is 0 Å². The lowest BCUT2D eigenvalue weighted by atomic mass is 10.2. The lowest BCUT2D eigenvalue weighted by Crippen LogP contribution is -3.15. The number of nitro benzene ring substituents is 1. The maximum absolute atomic E-state index is 11.9. The highest BCUT2D eigenvalue weighted by molar-refractivity contribution is 6.33. The number of non-ortho nitro benzene ring substituents is 1. The van der Waals surface area contributed by atoms with E-state index in [0.717, 1.165) is 18.0 Å². The Bertz CT molecular complexity index is 517. The predicted molar refractivity (Wildman–Crippen MR) is 73.1 cm³/mol. The van der Waals surface area contributed by atoms with Crippen LogP contribution >= 0.6 is 11.6 Å². The highest BCUT2D eigenvalue weighted by atomic mass is 35.5. The van der Waals surface area contributed by atoms with Gasteiger partial charge in [0.15, 0.2) is 6.54 Å². The standard InChI is InChI=1S/C12H14ClN3O4/c13-10-2-1-9(16(18)19)7-11(10)14-12(17)8-15-3-5-20-6-4-15/h1-2,7H,3-6,8H2,(H,14,17)/p+1. The van der Waals surface area contributed by atoms with Crippen molar-refractivity contribution in [2.45, 2.75) is 0 Å². The summed E-state index contributed by atoms with van der Waals surface area (Å²) in [5, 5.41) is 13.6. The molecule has 108 valence electrons. The first-order chi connectivity index (χ1) is 9.56. The summed E-state index contributed by atoms with van der Waals surface area (Å²) in [6, 6.07) is 3.96.